The van der Waals surface area contributed by atoms with Gasteiger partial charge in [-0.05, 0) is 36.4 Å². The number of anilines is 3. The Balaban J connectivity index is 2.43. The van der Waals surface area contributed by atoms with E-state index in [1.165, 1.54) is 24.3 Å². The van der Waals surface area contributed by atoms with Gasteiger partial charge in [-0.2, -0.15) is 0 Å². The van der Waals surface area contributed by atoms with Crippen LogP contribution in [0.15, 0.2) is 40.9 Å². The molecule has 4 nitrogen and oxygen atoms in total. The van der Waals surface area contributed by atoms with Crippen molar-refractivity contribution in [3.8, 4) is 0 Å². The van der Waals surface area contributed by atoms with E-state index in [1.807, 2.05) is 0 Å². The first-order chi connectivity index (χ1) is 8.97. The number of nitrogens with one attached hydrogen (secondary N) is 1. The molecular formula is C13H10BrFN2O2. The zero-order valence-electron chi connectivity index (χ0n) is 9.65. The summed E-state index contributed by atoms with van der Waals surface area (Å²) < 4.78 is 14.3. The predicted molar refractivity (Wildman–Crippen MR) is 75.2 cm³/mol. The van der Waals surface area contributed by atoms with Gasteiger partial charge < -0.3 is 16.2 Å². The molecule has 0 unspecified atom stereocenters. The van der Waals surface area contributed by atoms with Crippen LogP contribution in [0.4, 0.5) is 21.5 Å². The van der Waals surface area contributed by atoms with Crippen molar-refractivity contribution < 1.29 is 14.3 Å². The smallest absolute Gasteiger partial charge is 0.337 e. The van der Waals surface area contributed by atoms with Gasteiger partial charge >= 0.3 is 5.97 Å². The molecule has 0 aliphatic rings. The van der Waals surface area contributed by atoms with Crippen LogP contribution in [0.1, 0.15) is 10.4 Å². The van der Waals surface area contributed by atoms with Crippen molar-refractivity contribution in [2.75, 3.05) is 11.1 Å². The molecule has 2 aromatic carbocycles. The molecule has 0 aromatic heterocycles. The normalized spacial score (nSPS) is 10.2. The van der Waals surface area contributed by atoms with Crippen LogP contribution in [0, 0.1) is 5.82 Å². The number of halogens is 2. The first-order valence-electron chi connectivity index (χ1n) is 5.32. The molecule has 0 amide bonds. The van der Waals surface area contributed by atoms with E-state index in [4.69, 9.17) is 10.8 Å². The largest absolute Gasteiger partial charge is 0.478 e. The number of nitrogen functional groups attached to an aromatic ring is 1. The number of hydrogen-bond donors (Lipinski definition) is 3. The summed E-state index contributed by atoms with van der Waals surface area (Å²) >= 11 is 3.23. The van der Waals surface area contributed by atoms with Gasteiger partial charge in [0.25, 0.3) is 0 Å². The van der Waals surface area contributed by atoms with Crippen molar-refractivity contribution in [3.05, 3.63) is 52.3 Å². The topological polar surface area (TPSA) is 75.3 Å². The van der Waals surface area contributed by atoms with E-state index in [0.717, 1.165) is 0 Å². The van der Waals surface area contributed by atoms with E-state index in [0.29, 0.717) is 10.2 Å². The number of benzene rings is 2. The van der Waals surface area contributed by atoms with Crippen molar-refractivity contribution in [3.63, 3.8) is 0 Å². The Morgan fingerprint density at radius 2 is 1.95 bits per heavy atom. The Morgan fingerprint density at radius 3 is 2.63 bits per heavy atom. The van der Waals surface area contributed by atoms with Crippen molar-refractivity contribution in [1.29, 1.82) is 0 Å². The Kier molecular flexibility index (Phi) is 3.71. The van der Waals surface area contributed by atoms with Crippen LogP contribution < -0.4 is 11.1 Å². The van der Waals surface area contributed by atoms with E-state index in [2.05, 4.69) is 21.2 Å². The van der Waals surface area contributed by atoms with Gasteiger partial charge in [-0.3, -0.25) is 0 Å². The van der Waals surface area contributed by atoms with Crippen LogP contribution in [0.25, 0.3) is 0 Å². The highest BCUT2D eigenvalue weighted by Gasteiger charge is 2.12. The quantitative estimate of drug-likeness (QED) is 0.754. The standard InChI is InChI=1S/C13H10BrFN2O2/c14-7-1-3-10(15)12(5-7)17-11-4-2-8(16)6-9(11)13(18)19/h1-6,17H,16H2,(H,18,19). The molecule has 0 aliphatic heterocycles. The van der Waals surface area contributed by atoms with Gasteiger partial charge in [-0.1, -0.05) is 15.9 Å². The van der Waals surface area contributed by atoms with Crippen molar-refractivity contribution in [2.45, 2.75) is 0 Å². The third kappa shape index (κ3) is 3.03. The molecule has 0 saturated carbocycles. The number of aromatic carboxylic acids is 1. The fourth-order valence-electron chi connectivity index (χ4n) is 1.59. The highest BCUT2D eigenvalue weighted by Crippen LogP contribution is 2.27. The Morgan fingerprint density at radius 1 is 1.21 bits per heavy atom. The minimum absolute atomic E-state index is 0.0145. The molecule has 4 N–H and O–H groups in total. The molecule has 0 fully saturated rings. The summed E-state index contributed by atoms with van der Waals surface area (Å²) in [6.07, 6.45) is 0. The fraction of sp³-hybridized carbons (Fsp3) is 0. The lowest BCUT2D eigenvalue weighted by Crippen LogP contribution is -2.04. The molecule has 0 spiro atoms. The molecule has 19 heavy (non-hydrogen) atoms. The SMILES string of the molecule is Nc1ccc(Nc2cc(Br)ccc2F)c(C(=O)O)c1. The molecule has 2 rings (SSSR count). The summed E-state index contributed by atoms with van der Waals surface area (Å²) in [4.78, 5) is 11.1. The van der Waals surface area contributed by atoms with Gasteiger partial charge in [0.2, 0.25) is 0 Å². The highest BCUT2D eigenvalue weighted by molar-refractivity contribution is 9.10. The summed E-state index contributed by atoms with van der Waals surface area (Å²) in [7, 11) is 0. The monoisotopic (exact) mass is 324 g/mol. The highest BCUT2D eigenvalue weighted by atomic mass is 79.9. The summed E-state index contributed by atoms with van der Waals surface area (Å²) in [5.41, 5.74) is 6.32. The Labute approximate surface area is 117 Å². The molecule has 0 saturated heterocycles. The number of carboxylic acids is 1. The predicted octanol–water partition coefficient (Wildman–Crippen LogP) is 3.61. The van der Waals surface area contributed by atoms with Gasteiger partial charge in [0, 0.05) is 10.2 Å². The molecule has 0 aliphatic carbocycles. The molecule has 0 bridgehead atoms. The van der Waals surface area contributed by atoms with E-state index < -0.39 is 11.8 Å². The summed E-state index contributed by atoms with van der Waals surface area (Å²) in [5.74, 6) is -1.61. The second-order valence-electron chi connectivity index (χ2n) is 3.86. The lowest BCUT2D eigenvalue weighted by Gasteiger charge is -2.11. The zero-order valence-corrected chi connectivity index (χ0v) is 11.2. The number of carboxylic acid groups (broad SMARTS) is 1. The molecule has 0 atom stereocenters. The maximum Gasteiger partial charge on any atom is 0.337 e. The lowest BCUT2D eigenvalue weighted by atomic mass is 10.1. The maximum atomic E-state index is 13.6. The summed E-state index contributed by atoms with van der Waals surface area (Å²) in [6.45, 7) is 0. The van der Waals surface area contributed by atoms with Crippen LogP contribution in [0.3, 0.4) is 0 Å². The molecular weight excluding hydrogens is 315 g/mol. The number of nitrogens with two attached hydrogens (primary N) is 1. The van der Waals surface area contributed by atoms with Gasteiger partial charge in [-0.25, -0.2) is 9.18 Å². The van der Waals surface area contributed by atoms with Crippen LogP contribution in [0.2, 0.25) is 0 Å². The Bertz CT molecular complexity index is 647. The van der Waals surface area contributed by atoms with Crippen molar-refractivity contribution in [1.82, 2.24) is 0 Å². The molecule has 6 heteroatoms. The maximum absolute atomic E-state index is 13.6. The molecule has 0 heterocycles. The van der Waals surface area contributed by atoms with E-state index in [-0.39, 0.29) is 16.9 Å². The fourth-order valence-corrected chi connectivity index (χ4v) is 1.95. The van der Waals surface area contributed by atoms with Crippen molar-refractivity contribution in [2.24, 2.45) is 0 Å². The summed E-state index contributed by atoms with van der Waals surface area (Å²) in [6, 6.07) is 8.73. The van der Waals surface area contributed by atoms with Crippen LogP contribution >= 0.6 is 15.9 Å². The number of hydrogen-bond acceptors (Lipinski definition) is 3. The number of carbonyl (C=O) groups is 1. The van der Waals surface area contributed by atoms with Crippen molar-refractivity contribution >= 4 is 39.0 Å². The minimum Gasteiger partial charge on any atom is -0.478 e. The van der Waals surface area contributed by atoms with E-state index >= 15 is 0 Å². The van der Waals surface area contributed by atoms with Crippen LogP contribution in [-0.4, -0.2) is 11.1 Å². The molecule has 0 radical (unpaired) electrons. The van der Waals surface area contributed by atoms with Gasteiger partial charge in [-0.15, -0.1) is 0 Å². The van der Waals surface area contributed by atoms with Gasteiger partial charge in [0.15, 0.2) is 0 Å². The first kappa shape index (κ1) is 13.4. The lowest BCUT2D eigenvalue weighted by molar-refractivity contribution is 0.0698. The average molecular weight is 325 g/mol. The zero-order chi connectivity index (χ0) is 14.0. The summed E-state index contributed by atoms with van der Waals surface area (Å²) in [5, 5.41) is 11.8. The molecule has 2 aromatic rings. The van der Waals surface area contributed by atoms with E-state index in [9.17, 15) is 9.18 Å². The Hall–Kier alpha value is -2.08. The average Bonchev–Trinajstić information content (AvgIpc) is 2.35. The molecule has 98 valence electrons. The third-order valence-electron chi connectivity index (χ3n) is 2.47. The van der Waals surface area contributed by atoms with Crippen LogP contribution in [0.5, 0.6) is 0 Å². The minimum atomic E-state index is -1.13. The van der Waals surface area contributed by atoms with Gasteiger partial charge in [0.1, 0.15) is 5.82 Å². The van der Waals surface area contributed by atoms with Gasteiger partial charge in [0.05, 0.1) is 16.9 Å². The first-order valence-corrected chi connectivity index (χ1v) is 6.11. The second kappa shape index (κ2) is 5.27. The van der Waals surface area contributed by atoms with E-state index in [1.54, 1.807) is 12.1 Å². The number of rotatable bonds is 3. The third-order valence-corrected chi connectivity index (χ3v) is 2.97. The van der Waals surface area contributed by atoms with Crippen LogP contribution in [-0.2, 0) is 0 Å². The second-order valence-corrected chi connectivity index (χ2v) is 4.78.